The third-order valence-corrected chi connectivity index (χ3v) is 4.01. The number of hydrogen-bond acceptors (Lipinski definition) is 4. The van der Waals surface area contributed by atoms with Gasteiger partial charge >= 0.3 is 16.2 Å². The predicted molar refractivity (Wildman–Crippen MR) is 66.6 cm³/mol. The first-order valence-electron chi connectivity index (χ1n) is 5.18. The molecule has 0 saturated carbocycles. The molecule has 2 N–H and O–H groups in total. The molecular formula is C10H15N3O4S. The Hall–Kier alpha value is -1.67. The molecule has 100 valence electrons. The van der Waals surface area contributed by atoms with Crippen LogP contribution < -0.4 is 4.72 Å². The van der Waals surface area contributed by atoms with E-state index in [4.69, 9.17) is 5.11 Å². The molecule has 0 aliphatic carbocycles. The molecule has 0 radical (unpaired) electrons. The Labute approximate surface area is 106 Å². The van der Waals surface area contributed by atoms with Gasteiger partial charge in [-0.05, 0) is 19.9 Å². The minimum Gasteiger partial charge on any atom is -0.478 e. The van der Waals surface area contributed by atoms with Gasteiger partial charge in [0.2, 0.25) is 0 Å². The van der Waals surface area contributed by atoms with Crippen molar-refractivity contribution >= 4 is 21.9 Å². The molecule has 0 aliphatic heterocycles. The third-order valence-electron chi connectivity index (χ3n) is 2.34. The number of carboxylic acids is 1. The van der Waals surface area contributed by atoms with Crippen molar-refractivity contribution in [2.75, 3.05) is 11.8 Å². The van der Waals surface area contributed by atoms with E-state index in [0.29, 0.717) is 0 Å². The normalized spacial score (nSPS) is 11.8. The van der Waals surface area contributed by atoms with Crippen LogP contribution in [0.2, 0.25) is 0 Å². The van der Waals surface area contributed by atoms with Gasteiger partial charge < -0.3 is 5.11 Å². The molecule has 0 bridgehead atoms. The number of carboxylic acid groups (broad SMARTS) is 1. The number of hydrogen-bond donors (Lipinski definition) is 2. The Morgan fingerprint density at radius 1 is 1.44 bits per heavy atom. The summed E-state index contributed by atoms with van der Waals surface area (Å²) in [4.78, 5) is 14.4. The number of nitrogens with one attached hydrogen (secondary N) is 1. The summed E-state index contributed by atoms with van der Waals surface area (Å²) in [6.07, 6.45) is 2.39. The highest BCUT2D eigenvalue weighted by atomic mass is 32.2. The van der Waals surface area contributed by atoms with E-state index in [-0.39, 0.29) is 17.3 Å². The zero-order valence-electron chi connectivity index (χ0n) is 10.3. The van der Waals surface area contributed by atoms with Crippen LogP contribution in [0, 0.1) is 0 Å². The lowest BCUT2D eigenvalue weighted by atomic mass is 10.3. The summed E-state index contributed by atoms with van der Waals surface area (Å²) < 4.78 is 27.1. The summed E-state index contributed by atoms with van der Waals surface area (Å²) >= 11 is 0. The highest BCUT2D eigenvalue weighted by molar-refractivity contribution is 7.90. The van der Waals surface area contributed by atoms with Crippen LogP contribution in [0.15, 0.2) is 18.5 Å². The van der Waals surface area contributed by atoms with Crippen molar-refractivity contribution in [2.24, 2.45) is 0 Å². The van der Waals surface area contributed by atoms with Crippen molar-refractivity contribution in [3.8, 4) is 0 Å². The SMILES string of the molecule is CC(C)N(C)S(=O)(=O)Nc1cncc(C(=O)O)c1. The number of nitrogens with zero attached hydrogens (tertiary/aromatic N) is 2. The summed E-state index contributed by atoms with van der Waals surface area (Å²) in [5, 5.41) is 8.78. The van der Waals surface area contributed by atoms with Crippen LogP contribution in [0.5, 0.6) is 0 Å². The number of rotatable bonds is 5. The maximum absolute atomic E-state index is 11.9. The highest BCUT2D eigenvalue weighted by Crippen LogP contribution is 2.13. The molecule has 18 heavy (non-hydrogen) atoms. The lowest BCUT2D eigenvalue weighted by Crippen LogP contribution is -2.37. The third kappa shape index (κ3) is 3.41. The maximum atomic E-state index is 11.9. The molecule has 0 amide bonds. The van der Waals surface area contributed by atoms with Gasteiger partial charge in [-0.1, -0.05) is 0 Å². The Kier molecular flexibility index (Phi) is 4.25. The molecule has 7 nitrogen and oxygen atoms in total. The fourth-order valence-electron chi connectivity index (χ4n) is 1.11. The molecule has 1 aromatic rings. The average molecular weight is 273 g/mol. The van der Waals surface area contributed by atoms with E-state index in [0.717, 1.165) is 10.5 Å². The molecule has 8 heteroatoms. The van der Waals surface area contributed by atoms with Crippen LogP contribution in [0.4, 0.5) is 5.69 Å². The molecule has 0 aromatic carbocycles. The lowest BCUT2D eigenvalue weighted by molar-refractivity contribution is 0.0696. The second-order valence-corrected chi connectivity index (χ2v) is 5.71. The van der Waals surface area contributed by atoms with Crippen LogP contribution in [-0.4, -0.2) is 41.9 Å². The van der Waals surface area contributed by atoms with Gasteiger partial charge in [-0.15, -0.1) is 0 Å². The van der Waals surface area contributed by atoms with E-state index < -0.39 is 16.2 Å². The Morgan fingerprint density at radius 3 is 2.56 bits per heavy atom. The quantitative estimate of drug-likeness (QED) is 0.825. The number of carbonyl (C=O) groups is 1. The average Bonchev–Trinajstić information content (AvgIpc) is 2.27. The second-order valence-electron chi connectivity index (χ2n) is 3.98. The first-order valence-corrected chi connectivity index (χ1v) is 6.62. The zero-order valence-corrected chi connectivity index (χ0v) is 11.1. The monoisotopic (exact) mass is 273 g/mol. The number of pyridine rings is 1. The molecule has 1 rings (SSSR count). The smallest absolute Gasteiger partial charge is 0.337 e. The van der Waals surface area contributed by atoms with Crippen LogP contribution in [-0.2, 0) is 10.2 Å². The summed E-state index contributed by atoms with van der Waals surface area (Å²) in [6, 6.07) is 0.999. The first kappa shape index (κ1) is 14.4. The summed E-state index contributed by atoms with van der Waals surface area (Å²) in [6.45, 7) is 3.45. The van der Waals surface area contributed by atoms with Crippen molar-refractivity contribution in [2.45, 2.75) is 19.9 Å². The van der Waals surface area contributed by atoms with Crippen LogP contribution in [0.25, 0.3) is 0 Å². The highest BCUT2D eigenvalue weighted by Gasteiger charge is 2.20. The Bertz CT molecular complexity index is 542. The van der Waals surface area contributed by atoms with Crippen LogP contribution in [0.1, 0.15) is 24.2 Å². The summed E-state index contributed by atoms with van der Waals surface area (Å²) in [5.41, 5.74) is 0.0322. The van der Waals surface area contributed by atoms with Crippen LogP contribution in [0.3, 0.4) is 0 Å². The molecule has 0 unspecified atom stereocenters. The molecule has 0 aliphatic rings. The van der Waals surface area contributed by atoms with E-state index in [1.165, 1.54) is 19.3 Å². The maximum Gasteiger partial charge on any atom is 0.337 e. The van der Waals surface area contributed by atoms with E-state index in [1.807, 2.05) is 0 Å². The van der Waals surface area contributed by atoms with Gasteiger partial charge in [0, 0.05) is 19.3 Å². The number of aromatic carboxylic acids is 1. The standard InChI is InChI=1S/C10H15N3O4S/c1-7(2)13(3)18(16,17)12-9-4-8(10(14)15)5-11-6-9/h4-7,12H,1-3H3,(H,14,15). The molecule has 1 aromatic heterocycles. The second kappa shape index (κ2) is 5.32. The van der Waals surface area contributed by atoms with Gasteiger partial charge in [-0.25, -0.2) is 4.79 Å². The van der Waals surface area contributed by atoms with E-state index in [1.54, 1.807) is 13.8 Å². The van der Waals surface area contributed by atoms with Crippen molar-refractivity contribution in [1.82, 2.24) is 9.29 Å². The predicted octanol–water partition coefficient (Wildman–Crippen LogP) is 0.777. The summed E-state index contributed by atoms with van der Waals surface area (Å²) in [7, 11) is -2.27. The molecule has 1 heterocycles. The molecular weight excluding hydrogens is 258 g/mol. The van der Waals surface area contributed by atoms with Gasteiger partial charge in [-0.3, -0.25) is 9.71 Å². The molecule has 0 fully saturated rings. The van der Waals surface area contributed by atoms with Crippen molar-refractivity contribution in [3.05, 3.63) is 24.0 Å². The van der Waals surface area contributed by atoms with Crippen molar-refractivity contribution < 1.29 is 18.3 Å². The first-order chi connectivity index (χ1) is 8.24. The van der Waals surface area contributed by atoms with Gasteiger partial charge in [0.05, 0.1) is 17.4 Å². The van der Waals surface area contributed by atoms with Gasteiger partial charge in [0.1, 0.15) is 0 Å². The minimum absolute atomic E-state index is 0.0811. The molecule has 0 spiro atoms. The van der Waals surface area contributed by atoms with Crippen LogP contribution >= 0.6 is 0 Å². The van der Waals surface area contributed by atoms with Crippen molar-refractivity contribution in [1.29, 1.82) is 0 Å². The zero-order chi connectivity index (χ0) is 13.9. The number of aromatic nitrogens is 1. The fourth-order valence-corrected chi connectivity index (χ4v) is 2.22. The van der Waals surface area contributed by atoms with E-state index >= 15 is 0 Å². The van der Waals surface area contributed by atoms with Crippen molar-refractivity contribution in [3.63, 3.8) is 0 Å². The van der Waals surface area contributed by atoms with E-state index in [9.17, 15) is 13.2 Å². The topological polar surface area (TPSA) is 99.6 Å². The van der Waals surface area contributed by atoms with E-state index in [2.05, 4.69) is 9.71 Å². The number of anilines is 1. The van der Waals surface area contributed by atoms with Gasteiger partial charge in [0.25, 0.3) is 0 Å². The minimum atomic E-state index is -3.70. The largest absolute Gasteiger partial charge is 0.478 e. The molecule has 0 saturated heterocycles. The van der Waals surface area contributed by atoms with Gasteiger partial charge in [-0.2, -0.15) is 12.7 Å². The Balaban J connectivity index is 2.98. The molecule has 0 atom stereocenters. The Morgan fingerprint density at radius 2 is 2.06 bits per heavy atom. The van der Waals surface area contributed by atoms with Gasteiger partial charge in [0.15, 0.2) is 0 Å². The summed E-state index contributed by atoms with van der Waals surface area (Å²) in [5.74, 6) is -1.17. The fraction of sp³-hybridized carbons (Fsp3) is 0.400. The lowest BCUT2D eigenvalue weighted by Gasteiger charge is -2.21.